The minimum atomic E-state index is -0.172. The fourth-order valence-electron chi connectivity index (χ4n) is 2.60. The molecule has 0 radical (unpaired) electrons. The van der Waals surface area contributed by atoms with Gasteiger partial charge in [0.25, 0.3) is 0 Å². The van der Waals surface area contributed by atoms with Crippen LogP contribution in [0.5, 0.6) is 5.75 Å². The fourth-order valence-corrected chi connectivity index (χ4v) is 2.60. The Morgan fingerprint density at radius 3 is 2.76 bits per heavy atom. The maximum absolute atomic E-state index is 13.7. The van der Waals surface area contributed by atoms with Crippen LogP contribution in [0.25, 0.3) is 0 Å². The fraction of sp³-hybridized carbons (Fsp3) is 0.571. The van der Waals surface area contributed by atoms with E-state index in [0.717, 1.165) is 30.5 Å². The molecule has 0 saturated carbocycles. The van der Waals surface area contributed by atoms with E-state index < -0.39 is 0 Å². The number of hydrogen-bond donors (Lipinski definition) is 1. The monoisotopic (exact) mass is 237 g/mol. The highest BCUT2D eigenvalue weighted by Gasteiger charge is 2.33. The van der Waals surface area contributed by atoms with Crippen LogP contribution in [0, 0.1) is 5.82 Å². The third kappa shape index (κ3) is 2.16. The highest BCUT2D eigenvalue weighted by molar-refractivity contribution is 5.43. The molecule has 0 aliphatic carbocycles. The quantitative estimate of drug-likeness (QED) is 0.872. The summed E-state index contributed by atoms with van der Waals surface area (Å²) in [5, 5.41) is 3.49. The van der Waals surface area contributed by atoms with Crippen molar-refractivity contribution in [2.75, 3.05) is 13.7 Å². The first-order valence-corrected chi connectivity index (χ1v) is 6.22. The number of nitrogens with one attached hydrogen (secondary N) is 1. The van der Waals surface area contributed by atoms with E-state index in [0.29, 0.717) is 12.2 Å². The van der Waals surface area contributed by atoms with Crippen molar-refractivity contribution < 1.29 is 9.13 Å². The van der Waals surface area contributed by atoms with Gasteiger partial charge in [0.1, 0.15) is 11.6 Å². The number of halogens is 1. The molecule has 1 aromatic rings. The number of hydrogen-bond acceptors (Lipinski definition) is 2. The highest BCUT2D eigenvalue weighted by atomic mass is 19.1. The Hall–Kier alpha value is -1.09. The smallest absolute Gasteiger partial charge is 0.130 e. The van der Waals surface area contributed by atoms with Gasteiger partial charge in [-0.25, -0.2) is 4.39 Å². The summed E-state index contributed by atoms with van der Waals surface area (Å²) in [6.07, 6.45) is 2.93. The van der Waals surface area contributed by atoms with Crippen LogP contribution in [0.1, 0.15) is 37.8 Å². The lowest BCUT2D eigenvalue weighted by molar-refractivity contribution is 0.367. The zero-order chi connectivity index (χ0) is 12.5. The summed E-state index contributed by atoms with van der Waals surface area (Å²) in [5.41, 5.74) is 1.76. The van der Waals surface area contributed by atoms with E-state index in [1.54, 1.807) is 7.11 Å². The van der Waals surface area contributed by atoms with E-state index in [4.69, 9.17) is 4.74 Å². The van der Waals surface area contributed by atoms with E-state index in [-0.39, 0.29) is 11.4 Å². The van der Waals surface area contributed by atoms with Crippen LogP contribution in [0.2, 0.25) is 0 Å². The molecule has 94 valence electrons. The predicted octanol–water partition coefficient (Wildman–Crippen LogP) is 3.00. The average molecular weight is 237 g/mol. The molecule has 2 nitrogen and oxygen atoms in total. The summed E-state index contributed by atoms with van der Waals surface area (Å²) in [5.74, 6) is 0.478. The maximum atomic E-state index is 13.7. The van der Waals surface area contributed by atoms with Crippen LogP contribution < -0.4 is 10.1 Å². The highest BCUT2D eigenvalue weighted by Crippen LogP contribution is 2.37. The number of aryl methyl sites for hydroxylation is 1. The van der Waals surface area contributed by atoms with Crippen LogP contribution in [-0.4, -0.2) is 13.7 Å². The van der Waals surface area contributed by atoms with Crippen molar-refractivity contribution in [3.05, 3.63) is 29.1 Å². The summed E-state index contributed by atoms with van der Waals surface area (Å²) in [4.78, 5) is 0. The van der Waals surface area contributed by atoms with Gasteiger partial charge in [0.2, 0.25) is 0 Å². The lowest BCUT2D eigenvalue weighted by Gasteiger charge is -2.27. The summed E-state index contributed by atoms with van der Waals surface area (Å²) in [6.45, 7) is 5.15. The molecule has 1 saturated heterocycles. The summed E-state index contributed by atoms with van der Waals surface area (Å²) >= 11 is 0. The summed E-state index contributed by atoms with van der Waals surface area (Å²) < 4.78 is 19.1. The molecule has 17 heavy (non-hydrogen) atoms. The third-order valence-electron chi connectivity index (χ3n) is 3.71. The molecule has 1 fully saturated rings. The van der Waals surface area contributed by atoms with Crippen LogP contribution in [0.15, 0.2) is 12.1 Å². The topological polar surface area (TPSA) is 21.3 Å². The van der Waals surface area contributed by atoms with Crippen LogP contribution in [0.3, 0.4) is 0 Å². The minimum Gasteiger partial charge on any atom is -0.496 e. The normalized spacial score (nSPS) is 24.0. The second-order valence-corrected chi connectivity index (χ2v) is 4.86. The van der Waals surface area contributed by atoms with Gasteiger partial charge in [-0.3, -0.25) is 0 Å². The molecular weight excluding hydrogens is 217 g/mol. The summed E-state index contributed by atoms with van der Waals surface area (Å²) in [7, 11) is 1.60. The Morgan fingerprint density at radius 2 is 2.24 bits per heavy atom. The van der Waals surface area contributed by atoms with Crippen molar-refractivity contribution in [2.45, 2.75) is 38.6 Å². The largest absolute Gasteiger partial charge is 0.496 e. The number of benzene rings is 1. The van der Waals surface area contributed by atoms with Gasteiger partial charge < -0.3 is 10.1 Å². The van der Waals surface area contributed by atoms with Crippen molar-refractivity contribution >= 4 is 0 Å². The second-order valence-electron chi connectivity index (χ2n) is 4.86. The molecular formula is C14H20FNO. The molecule has 1 N–H and O–H groups in total. The third-order valence-corrected chi connectivity index (χ3v) is 3.71. The summed E-state index contributed by atoms with van der Waals surface area (Å²) in [6, 6.07) is 3.46. The van der Waals surface area contributed by atoms with Gasteiger partial charge in [-0.05, 0) is 44.4 Å². The molecule has 1 aliphatic rings. The Kier molecular flexibility index (Phi) is 3.38. The van der Waals surface area contributed by atoms with Gasteiger partial charge in [-0.2, -0.15) is 0 Å². The molecule has 2 rings (SSSR count). The molecule has 0 spiro atoms. The molecule has 1 atom stereocenters. The molecule has 0 amide bonds. The van der Waals surface area contributed by atoms with Crippen molar-refractivity contribution in [1.29, 1.82) is 0 Å². The SMILES string of the molecule is CCc1cc(C2(C)CCCN2)c(OC)cc1F. The molecule has 1 aromatic carbocycles. The first-order chi connectivity index (χ1) is 8.10. The van der Waals surface area contributed by atoms with Crippen molar-refractivity contribution in [3.63, 3.8) is 0 Å². The van der Waals surface area contributed by atoms with E-state index in [2.05, 4.69) is 12.2 Å². The van der Waals surface area contributed by atoms with E-state index in [1.807, 2.05) is 13.0 Å². The number of rotatable bonds is 3. The van der Waals surface area contributed by atoms with Crippen molar-refractivity contribution in [2.24, 2.45) is 0 Å². The number of methoxy groups -OCH3 is 1. The van der Waals surface area contributed by atoms with E-state index >= 15 is 0 Å². The molecule has 1 unspecified atom stereocenters. The van der Waals surface area contributed by atoms with Gasteiger partial charge in [0, 0.05) is 17.2 Å². The van der Waals surface area contributed by atoms with Crippen molar-refractivity contribution in [1.82, 2.24) is 5.32 Å². The molecule has 1 aliphatic heterocycles. The van der Waals surface area contributed by atoms with E-state index in [1.165, 1.54) is 6.07 Å². The minimum absolute atomic E-state index is 0.0804. The first kappa shape index (κ1) is 12.4. The zero-order valence-corrected chi connectivity index (χ0v) is 10.8. The van der Waals surface area contributed by atoms with Crippen LogP contribution in [0.4, 0.5) is 4.39 Å². The van der Waals surface area contributed by atoms with Gasteiger partial charge in [-0.15, -0.1) is 0 Å². The Morgan fingerprint density at radius 1 is 1.47 bits per heavy atom. The molecule has 0 bridgehead atoms. The van der Waals surface area contributed by atoms with Crippen LogP contribution in [-0.2, 0) is 12.0 Å². The lowest BCUT2D eigenvalue weighted by Crippen LogP contribution is -2.33. The molecule has 1 heterocycles. The lowest BCUT2D eigenvalue weighted by atomic mass is 9.88. The Labute approximate surface area is 102 Å². The zero-order valence-electron chi connectivity index (χ0n) is 10.8. The maximum Gasteiger partial charge on any atom is 0.130 e. The second kappa shape index (κ2) is 4.65. The molecule has 0 aromatic heterocycles. The van der Waals surface area contributed by atoms with Crippen LogP contribution >= 0.6 is 0 Å². The van der Waals surface area contributed by atoms with Gasteiger partial charge in [-0.1, -0.05) is 6.92 Å². The first-order valence-electron chi connectivity index (χ1n) is 6.22. The standard InChI is InChI=1S/C14H20FNO/c1-4-10-8-11(13(17-3)9-12(10)15)14(2)6-5-7-16-14/h8-9,16H,4-7H2,1-3H3. The van der Waals surface area contributed by atoms with Gasteiger partial charge in [0.05, 0.1) is 7.11 Å². The molecule has 3 heteroatoms. The predicted molar refractivity (Wildman–Crippen MR) is 66.9 cm³/mol. The van der Waals surface area contributed by atoms with Gasteiger partial charge >= 0.3 is 0 Å². The van der Waals surface area contributed by atoms with E-state index in [9.17, 15) is 4.39 Å². The number of ether oxygens (including phenoxy) is 1. The van der Waals surface area contributed by atoms with Crippen molar-refractivity contribution in [3.8, 4) is 5.75 Å². The average Bonchev–Trinajstić information content (AvgIpc) is 2.76. The van der Waals surface area contributed by atoms with Gasteiger partial charge in [0.15, 0.2) is 0 Å². The Balaban J connectivity index is 2.50. The Bertz CT molecular complexity index is 411.